The van der Waals surface area contributed by atoms with Gasteiger partial charge >= 0.3 is 0 Å². The van der Waals surface area contributed by atoms with Crippen LogP contribution in [-0.2, 0) is 11.3 Å². The molecule has 0 aliphatic carbocycles. The Morgan fingerprint density at radius 3 is 2.63 bits per heavy atom. The quantitative estimate of drug-likeness (QED) is 0.555. The molecule has 3 aromatic rings. The molecule has 1 heterocycles. The van der Waals surface area contributed by atoms with Gasteiger partial charge < -0.3 is 18.9 Å². The first-order valence-electron chi connectivity index (χ1n) is 9.87. The van der Waals surface area contributed by atoms with Crippen molar-refractivity contribution in [2.75, 3.05) is 14.2 Å². The van der Waals surface area contributed by atoms with Crippen LogP contribution in [0.5, 0.6) is 11.5 Å². The van der Waals surface area contributed by atoms with E-state index < -0.39 is 6.10 Å². The number of nitrogens with zero attached hydrogens (tertiary/aromatic N) is 3. The number of hydrogen-bond acceptors (Lipinski definition) is 6. The summed E-state index contributed by atoms with van der Waals surface area (Å²) in [6.07, 6.45) is -0.0347. The number of ether oxygens (including phenoxy) is 2. The molecule has 1 amide bonds. The second-order valence-corrected chi connectivity index (χ2v) is 7.20. The molecule has 7 nitrogen and oxygen atoms in total. The highest BCUT2D eigenvalue weighted by atomic mass is 16.5. The van der Waals surface area contributed by atoms with Gasteiger partial charge in [-0.15, -0.1) is 0 Å². The topological polar surface area (TPSA) is 77.7 Å². The van der Waals surface area contributed by atoms with Crippen LogP contribution in [-0.4, -0.2) is 41.2 Å². The fraction of sp³-hybridized carbons (Fsp3) is 0.348. The maximum Gasteiger partial charge on any atom is 0.263 e. The van der Waals surface area contributed by atoms with E-state index in [-0.39, 0.29) is 12.5 Å². The molecule has 30 heavy (non-hydrogen) atoms. The van der Waals surface area contributed by atoms with E-state index in [0.29, 0.717) is 29.6 Å². The molecule has 0 saturated carbocycles. The van der Waals surface area contributed by atoms with Crippen LogP contribution in [0.25, 0.3) is 11.4 Å². The first kappa shape index (κ1) is 21.4. The van der Waals surface area contributed by atoms with Gasteiger partial charge in [0.2, 0.25) is 11.7 Å². The van der Waals surface area contributed by atoms with Gasteiger partial charge in [-0.05, 0) is 55.7 Å². The summed E-state index contributed by atoms with van der Waals surface area (Å²) in [5, 5.41) is 4.01. The Morgan fingerprint density at radius 2 is 1.93 bits per heavy atom. The van der Waals surface area contributed by atoms with E-state index in [1.54, 1.807) is 14.2 Å². The monoisotopic (exact) mass is 409 g/mol. The number of methoxy groups -OCH3 is 1. The molecule has 2 aromatic carbocycles. The van der Waals surface area contributed by atoms with Gasteiger partial charge in [-0.2, -0.15) is 4.98 Å². The van der Waals surface area contributed by atoms with E-state index in [2.05, 4.69) is 10.1 Å². The van der Waals surface area contributed by atoms with Crippen molar-refractivity contribution in [3.05, 3.63) is 59.5 Å². The van der Waals surface area contributed by atoms with Gasteiger partial charge in [0.1, 0.15) is 11.5 Å². The summed E-state index contributed by atoms with van der Waals surface area (Å²) in [6, 6.07) is 13.2. The predicted molar refractivity (Wildman–Crippen MR) is 113 cm³/mol. The normalized spacial score (nSPS) is 11.8. The standard InChI is InChI=1S/C23H27N3O4/c1-6-20(29-19-11-10-15(2)16(3)12-19)23(27)26(4)14-21-24-22(25-30-21)17-8-7-9-18(13-17)28-5/h7-13,20H,6,14H2,1-5H3/t20-/m0/s1. The molecule has 0 aliphatic rings. The number of benzene rings is 2. The van der Waals surface area contributed by atoms with Crippen LogP contribution in [0.1, 0.15) is 30.4 Å². The Kier molecular flexibility index (Phi) is 6.72. The van der Waals surface area contributed by atoms with Crippen molar-refractivity contribution < 1.29 is 18.8 Å². The van der Waals surface area contributed by atoms with Crippen molar-refractivity contribution in [1.82, 2.24) is 15.0 Å². The number of hydrogen-bond donors (Lipinski definition) is 0. The Hall–Kier alpha value is -3.35. The summed E-state index contributed by atoms with van der Waals surface area (Å²) >= 11 is 0. The van der Waals surface area contributed by atoms with Crippen molar-refractivity contribution in [2.24, 2.45) is 0 Å². The van der Waals surface area contributed by atoms with Crippen LogP contribution in [0.2, 0.25) is 0 Å². The molecule has 0 aliphatic heterocycles. The van der Waals surface area contributed by atoms with Gasteiger partial charge in [0.05, 0.1) is 13.7 Å². The summed E-state index contributed by atoms with van der Waals surface area (Å²) in [5.74, 6) is 2.05. The van der Waals surface area contributed by atoms with Crippen LogP contribution < -0.4 is 9.47 Å². The molecule has 1 atom stereocenters. The zero-order valence-electron chi connectivity index (χ0n) is 18.0. The van der Waals surface area contributed by atoms with E-state index in [1.165, 1.54) is 10.5 Å². The highest BCUT2D eigenvalue weighted by Crippen LogP contribution is 2.22. The Morgan fingerprint density at radius 1 is 1.13 bits per heavy atom. The maximum absolute atomic E-state index is 12.9. The highest BCUT2D eigenvalue weighted by molar-refractivity contribution is 5.81. The number of carbonyl (C=O) groups excluding carboxylic acids is 1. The predicted octanol–water partition coefficient (Wildman–Crippen LogP) is 4.18. The molecular weight excluding hydrogens is 382 g/mol. The molecule has 0 N–H and O–H groups in total. The molecule has 0 fully saturated rings. The Bertz CT molecular complexity index is 1020. The van der Waals surface area contributed by atoms with Crippen molar-refractivity contribution in [3.63, 3.8) is 0 Å². The fourth-order valence-electron chi connectivity index (χ4n) is 2.98. The third-order valence-electron chi connectivity index (χ3n) is 4.95. The van der Waals surface area contributed by atoms with Crippen molar-refractivity contribution in [3.8, 4) is 22.9 Å². The van der Waals surface area contributed by atoms with E-state index >= 15 is 0 Å². The molecule has 0 saturated heterocycles. The lowest BCUT2D eigenvalue weighted by atomic mass is 10.1. The second-order valence-electron chi connectivity index (χ2n) is 7.20. The van der Waals surface area contributed by atoms with Crippen molar-refractivity contribution >= 4 is 5.91 Å². The van der Waals surface area contributed by atoms with Crippen LogP contribution in [0, 0.1) is 13.8 Å². The van der Waals surface area contributed by atoms with Crippen LogP contribution in [0.15, 0.2) is 47.0 Å². The van der Waals surface area contributed by atoms with Gasteiger partial charge in [-0.3, -0.25) is 4.79 Å². The molecule has 1 aromatic heterocycles. The molecule has 0 unspecified atom stereocenters. The van der Waals surface area contributed by atoms with Crippen LogP contribution in [0.3, 0.4) is 0 Å². The number of carbonyl (C=O) groups is 1. The number of amides is 1. The second kappa shape index (κ2) is 9.43. The molecule has 0 radical (unpaired) electrons. The average Bonchev–Trinajstić information content (AvgIpc) is 3.22. The SMILES string of the molecule is CC[C@H](Oc1ccc(C)c(C)c1)C(=O)N(C)Cc1nc(-c2cccc(OC)c2)no1. The summed E-state index contributed by atoms with van der Waals surface area (Å²) in [6.45, 7) is 6.18. The third-order valence-corrected chi connectivity index (χ3v) is 4.95. The minimum atomic E-state index is -0.585. The zero-order valence-corrected chi connectivity index (χ0v) is 18.0. The van der Waals surface area contributed by atoms with Crippen LogP contribution >= 0.6 is 0 Å². The highest BCUT2D eigenvalue weighted by Gasteiger charge is 2.24. The minimum absolute atomic E-state index is 0.142. The smallest absolute Gasteiger partial charge is 0.263 e. The fourth-order valence-corrected chi connectivity index (χ4v) is 2.98. The Labute approximate surface area is 176 Å². The van der Waals surface area contributed by atoms with Gasteiger partial charge in [0, 0.05) is 12.6 Å². The Balaban J connectivity index is 1.66. The average molecular weight is 409 g/mol. The lowest BCUT2D eigenvalue weighted by Gasteiger charge is -2.23. The number of rotatable bonds is 8. The lowest BCUT2D eigenvalue weighted by Crippen LogP contribution is -2.39. The van der Waals surface area contributed by atoms with Gasteiger partial charge in [-0.25, -0.2) is 0 Å². The minimum Gasteiger partial charge on any atom is -0.497 e. The van der Waals surface area contributed by atoms with E-state index in [9.17, 15) is 4.79 Å². The third kappa shape index (κ3) is 4.97. The summed E-state index contributed by atoms with van der Waals surface area (Å²) in [7, 11) is 3.30. The molecule has 3 rings (SSSR count). The van der Waals surface area contributed by atoms with E-state index in [0.717, 1.165) is 11.1 Å². The van der Waals surface area contributed by atoms with Gasteiger partial charge in [-0.1, -0.05) is 30.3 Å². The molecule has 7 heteroatoms. The maximum atomic E-state index is 12.9. The molecule has 158 valence electrons. The summed E-state index contributed by atoms with van der Waals surface area (Å²) in [5.41, 5.74) is 3.09. The lowest BCUT2D eigenvalue weighted by molar-refractivity contribution is -0.138. The number of aryl methyl sites for hydroxylation is 2. The zero-order chi connectivity index (χ0) is 21.7. The first-order valence-corrected chi connectivity index (χ1v) is 9.87. The summed E-state index contributed by atoms with van der Waals surface area (Å²) < 4.78 is 16.5. The summed E-state index contributed by atoms with van der Waals surface area (Å²) in [4.78, 5) is 18.8. The van der Waals surface area contributed by atoms with Crippen LogP contribution in [0.4, 0.5) is 0 Å². The molecular formula is C23H27N3O4. The molecule has 0 bridgehead atoms. The van der Waals surface area contributed by atoms with E-state index in [4.69, 9.17) is 14.0 Å². The van der Waals surface area contributed by atoms with Gasteiger partial charge in [0.15, 0.2) is 6.10 Å². The largest absolute Gasteiger partial charge is 0.497 e. The first-order chi connectivity index (χ1) is 14.4. The molecule has 0 spiro atoms. The number of likely N-dealkylation sites (N-methyl/N-ethyl adjacent to an activating group) is 1. The van der Waals surface area contributed by atoms with Crippen molar-refractivity contribution in [2.45, 2.75) is 39.8 Å². The van der Waals surface area contributed by atoms with E-state index in [1.807, 2.05) is 63.2 Å². The number of aromatic nitrogens is 2. The van der Waals surface area contributed by atoms with Crippen molar-refractivity contribution in [1.29, 1.82) is 0 Å². The van der Waals surface area contributed by atoms with Gasteiger partial charge in [0.25, 0.3) is 5.91 Å².